The van der Waals surface area contributed by atoms with Crippen molar-refractivity contribution in [1.82, 2.24) is 0 Å². The van der Waals surface area contributed by atoms with E-state index in [1.807, 2.05) is 0 Å². The van der Waals surface area contributed by atoms with Crippen molar-refractivity contribution in [2.75, 3.05) is 0 Å². The molecule has 2 fully saturated rings. The quantitative estimate of drug-likeness (QED) is 0.505. The molecule has 0 aromatic rings. The lowest BCUT2D eigenvalue weighted by atomic mass is 9.73. The van der Waals surface area contributed by atoms with Gasteiger partial charge in [0, 0.05) is 10.7 Å². The highest BCUT2D eigenvalue weighted by atomic mass is 79.9. The molecule has 0 amide bonds. The molecule has 0 spiro atoms. The molecule has 104 valence electrons. The van der Waals surface area contributed by atoms with Gasteiger partial charge < -0.3 is 4.74 Å². The fourth-order valence-electron chi connectivity index (χ4n) is 4.80. The van der Waals surface area contributed by atoms with Gasteiger partial charge in [0.25, 0.3) is 0 Å². The van der Waals surface area contributed by atoms with E-state index in [1.165, 1.54) is 44.9 Å². The fourth-order valence-corrected chi connectivity index (χ4v) is 5.54. The van der Waals surface area contributed by atoms with Gasteiger partial charge in [0.15, 0.2) is 0 Å². The zero-order valence-electron chi connectivity index (χ0n) is 11.4. The molecule has 6 unspecified atom stereocenters. The van der Waals surface area contributed by atoms with E-state index in [1.54, 1.807) is 5.57 Å². The molecule has 0 bridgehead atoms. The largest absolute Gasteiger partial charge is 0.366 e. The Morgan fingerprint density at radius 3 is 2.89 bits per heavy atom. The van der Waals surface area contributed by atoms with Crippen molar-refractivity contribution in [1.29, 1.82) is 0 Å². The van der Waals surface area contributed by atoms with Crippen LogP contribution >= 0.6 is 15.9 Å². The fraction of sp³-hybridized carbons (Fsp3) is 0.765. The normalized spacial score (nSPS) is 48.8. The Morgan fingerprint density at radius 2 is 2.05 bits per heavy atom. The molecule has 1 saturated carbocycles. The lowest BCUT2D eigenvalue weighted by molar-refractivity contribution is 0.0101. The molecule has 4 aliphatic rings. The molecule has 0 aromatic carbocycles. The topological polar surface area (TPSA) is 9.23 Å². The van der Waals surface area contributed by atoms with E-state index in [2.05, 4.69) is 34.2 Å². The summed E-state index contributed by atoms with van der Waals surface area (Å²) in [6.07, 6.45) is 17.3. The molecule has 19 heavy (non-hydrogen) atoms. The maximum atomic E-state index is 6.46. The number of alkyl halides is 1. The predicted molar refractivity (Wildman–Crippen MR) is 81.4 cm³/mol. The van der Waals surface area contributed by atoms with Gasteiger partial charge in [0.2, 0.25) is 0 Å². The minimum Gasteiger partial charge on any atom is -0.366 e. The Balaban J connectivity index is 1.57. The van der Waals surface area contributed by atoms with Crippen LogP contribution in [0.25, 0.3) is 0 Å². The van der Waals surface area contributed by atoms with Crippen LogP contribution in [0, 0.1) is 17.8 Å². The highest BCUT2D eigenvalue weighted by molar-refractivity contribution is 9.09. The van der Waals surface area contributed by atoms with Crippen LogP contribution in [0.5, 0.6) is 0 Å². The third-order valence-corrected chi connectivity index (χ3v) is 6.54. The monoisotopic (exact) mass is 322 g/mol. The van der Waals surface area contributed by atoms with Crippen molar-refractivity contribution in [2.45, 2.75) is 62.0 Å². The van der Waals surface area contributed by atoms with E-state index in [0.717, 1.165) is 16.7 Å². The number of hydrogen-bond acceptors (Lipinski definition) is 1. The van der Waals surface area contributed by atoms with Gasteiger partial charge in [-0.15, -0.1) is 0 Å². The van der Waals surface area contributed by atoms with Gasteiger partial charge in [-0.3, -0.25) is 0 Å². The van der Waals surface area contributed by atoms with Crippen molar-refractivity contribution in [3.63, 3.8) is 0 Å². The van der Waals surface area contributed by atoms with Crippen LogP contribution < -0.4 is 0 Å². The van der Waals surface area contributed by atoms with Crippen molar-refractivity contribution in [3.05, 3.63) is 23.8 Å². The third-order valence-electron chi connectivity index (χ3n) is 5.71. The second-order valence-electron chi connectivity index (χ2n) is 6.75. The van der Waals surface area contributed by atoms with Crippen LogP contribution in [0.15, 0.2) is 23.8 Å². The highest BCUT2D eigenvalue weighted by Crippen LogP contribution is 2.49. The summed E-state index contributed by atoms with van der Waals surface area (Å²) in [5.74, 6) is 2.39. The van der Waals surface area contributed by atoms with Crippen LogP contribution in [0.3, 0.4) is 0 Å². The Hall–Kier alpha value is -0.0800. The zero-order chi connectivity index (χ0) is 12.8. The van der Waals surface area contributed by atoms with Crippen molar-refractivity contribution in [2.24, 2.45) is 17.8 Å². The zero-order valence-corrected chi connectivity index (χ0v) is 13.0. The number of rotatable bonds is 1. The van der Waals surface area contributed by atoms with Crippen molar-refractivity contribution < 1.29 is 4.74 Å². The molecule has 3 aliphatic carbocycles. The Morgan fingerprint density at radius 1 is 1.11 bits per heavy atom. The van der Waals surface area contributed by atoms with E-state index in [0.29, 0.717) is 18.1 Å². The van der Waals surface area contributed by atoms with Crippen LogP contribution in [-0.2, 0) is 4.74 Å². The standard InChI is InChI=1S/C17H23BrO/c18-12-9-8-11(10-12)13-5-3-6-15-14-4-1-2-7-16(14)19-17(13)15/h2,6-7,11-14,16-17H,1,3-5,8-10H2. The summed E-state index contributed by atoms with van der Waals surface area (Å²) < 4.78 is 6.46. The summed E-state index contributed by atoms with van der Waals surface area (Å²) in [7, 11) is 0. The summed E-state index contributed by atoms with van der Waals surface area (Å²) in [5, 5.41) is 0. The molecule has 0 radical (unpaired) electrons. The maximum Gasteiger partial charge on any atom is 0.0830 e. The third kappa shape index (κ3) is 2.15. The van der Waals surface area contributed by atoms with E-state index in [4.69, 9.17) is 4.74 Å². The van der Waals surface area contributed by atoms with E-state index < -0.39 is 0 Å². The summed E-state index contributed by atoms with van der Waals surface area (Å²) in [4.78, 5) is 0.760. The van der Waals surface area contributed by atoms with Crippen molar-refractivity contribution >= 4 is 15.9 Å². The van der Waals surface area contributed by atoms with Gasteiger partial charge in [-0.05, 0) is 62.4 Å². The Bertz CT molecular complexity index is 413. The molecule has 0 N–H and O–H groups in total. The number of hydrogen-bond donors (Lipinski definition) is 0. The van der Waals surface area contributed by atoms with Crippen LogP contribution in [0.4, 0.5) is 0 Å². The summed E-state index contributed by atoms with van der Waals surface area (Å²) in [6.45, 7) is 0. The van der Waals surface area contributed by atoms with Gasteiger partial charge in [-0.1, -0.05) is 34.2 Å². The first-order valence-electron chi connectivity index (χ1n) is 7.99. The minimum absolute atomic E-state index is 0.395. The predicted octanol–water partition coefficient (Wildman–Crippen LogP) is 4.62. The van der Waals surface area contributed by atoms with Crippen LogP contribution in [-0.4, -0.2) is 17.0 Å². The van der Waals surface area contributed by atoms with E-state index in [-0.39, 0.29) is 0 Å². The number of allylic oxidation sites excluding steroid dienone is 2. The average Bonchev–Trinajstić information content (AvgIpc) is 3.02. The average molecular weight is 323 g/mol. The lowest BCUT2D eigenvalue weighted by Crippen LogP contribution is -2.30. The Labute approximate surface area is 124 Å². The second kappa shape index (κ2) is 5.04. The van der Waals surface area contributed by atoms with Gasteiger partial charge in [-0.2, -0.15) is 0 Å². The second-order valence-corrected chi connectivity index (χ2v) is 8.04. The first-order chi connectivity index (χ1) is 9.33. The van der Waals surface area contributed by atoms with Gasteiger partial charge in [-0.25, -0.2) is 0 Å². The number of fused-ring (bicyclic) bond motifs is 3. The molecule has 1 aliphatic heterocycles. The molecule has 0 aromatic heterocycles. The smallest absolute Gasteiger partial charge is 0.0830 e. The minimum atomic E-state index is 0.395. The molecule has 4 rings (SSSR count). The highest BCUT2D eigenvalue weighted by Gasteiger charge is 2.46. The molecule has 1 saturated heterocycles. The summed E-state index contributed by atoms with van der Waals surface area (Å²) in [5.41, 5.74) is 1.67. The van der Waals surface area contributed by atoms with Crippen molar-refractivity contribution in [3.8, 4) is 0 Å². The van der Waals surface area contributed by atoms with Gasteiger partial charge in [0.1, 0.15) is 0 Å². The first kappa shape index (κ1) is 12.6. The molecule has 2 heteroatoms. The first-order valence-corrected chi connectivity index (χ1v) is 8.90. The van der Waals surface area contributed by atoms with Gasteiger partial charge >= 0.3 is 0 Å². The SMILES string of the molecule is BrC1CCC(C2CCC=C3C4CCC=CC4OC32)C1. The van der Waals surface area contributed by atoms with Crippen LogP contribution in [0.1, 0.15) is 44.9 Å². The Kier molecular flexibility index (Phi) is 3.35. The van der Waals surface area contributed by atoms with E-state index >= 15 is 0 Å². The lowest BCUT2D eigenvalue weighted by Gasteiger charge is -2.33. The van der Waals surface area contributed by atoms with Gasteiger partial charge in [0.05, 0.1) is 12.2 Å². The number of halogens is 1. The number of ether oxygens (including phenoxy) is 1. The summed E-state index contributed by atoms with van der Waals surface area (Å²) in [6, 6.07) is 0. The molecular weight excluding hydrogens is 300 g/mol. The molecule has 1 nitrogen and oxygen atoms in total. The molecular formula is C17H23BrO. The summed E-state index contributed by atoms with van der Waals surface area (Å²) >= 11 is 3.81. The molecule has 6 atom stereocenters. The maximum absolute atomic E-state index is 6.46. The van der Waals surface area contributed by atoms with Crippen LogP contribution in [0.2, 0.25) is 0 Å². The van der Waals surface area contributed by atoms with E-state index in [9.17, 15) is 0 Å². The molecule has 1 heterocycles.